The van der Waals surface area contributed by atoms with Crippen LogP contribution < -0.4 is 15.4 Å². The molecule has 1 aromatic carbocycles. The fourth-order valence-corrected chi connectivity index (χ4v) is 1.55. The third-order valence-electron chi connectivity index (χ3n) is 2.63. The van der Waals surface area contributed by atoms with E-state index in [1.165, 1.54) is 30.3 Å². The third kappa shape index (κ3) is 7.39. The summed E-state index contributed by atoms with van der Waals surface area (Å²) in [6.45, 7) is 4.64. The van der Waals surface area contributed by atoms with E-state index in [0.717, 1.165) is 0 Å². The minimum absolute atomic E-state index is 0.0638. The number of carbonyl (C=O) groups is 2. The van der Waals surface area contributed by atoms with Gasteiger partial charge in [-0.3, -0.25) is 15.0 Å². The van der Waals surface area contributed by atoms with Crippen LogP contribution in [0.1, 0.15) is 0 Å². The van der Waals surface area contributed by atoms with Crippen molar-refractivity contribution in [3.63, 3.8) is 0 Å². The summed E-state index contributed by atoms with van der Waals surface area (Å²) in [5.41, 5.74) is 0. The second-order valence-corrected chi connectivity index (χ2v) is 4.59. The fourth-order valence-electron chi connectivity index (χ4n) is 1.55. The molecule has 0 aliphatic carbocycles. The average Bonchev–Trinajstić information content (AvgIpc) is 2.47. The number of hydrogen-bond acceptors (Lipinski definition) is 4. The van der Waals surface area contributed by atoms with Crippen LogP contribution in [0.5, 0.6) is 5.75 Å². The monoisotopic (exact) mass is 309 g/mol. The highest BCUT2D eigenvalue weighted by atomic mass is 19.1. The predicted molar refractivity (Wildman–Crippen MR) is 81.1 cm³/mol. The van der Waals surface area contributed by atoms with Crippen LogP contribution in [-0.4, -0.2) is 50.1 Å². The van der Waals surface area contributed by atoms with Gasteiger partial charge in [0.15, 0.2) is 0 Å². The smallest absolute Gasteiger partial charge is 0.321 e. The number of nitrogens with one attached hydrogen (secondary N) is 2. The van der Waals surface area contributed by atoms with Gasteiger partial charge in [0.2, 0.25) is 5.91 Å². The van der Waals surface area contributed by atoms with Gasteiger partial charge in [0.25, 0.3) is 0 Å². The van der Waals surface area contributed by atoms with Gasteiger partial charge in [0, 0.05) is 13.1 Å². The van der Waals surface area contributed by atoms with Crippen LogP contribution in [0.15, 0.2) is 36.9 Å². The highest BCUT2D eigenvalue weighted by Gasteiger charge is 2.09. The van der Waals surface area contributed by atoms with Crippen molar-refractivity contribution in [3.8, 4) is 5.75 Å². The van der Waals surface area contributed by atoms with Crippen LogP contribution >= 0.6 is 0 Å². The maximum atomic E-state index is 12.7. The van der Waals surface area contributed by atoms with E-state index in [1.54, 1.807) is 11.9 Å². The first-order chi connectivity index (χ1) is 10.5. The van der Waals surface area contributed by atoms with E-state index < -0.39 is 11.9 Å². The first kappa shape index (κ1) is 17.6. The number of likely N-dealkylation sites (N-methyl/N-ethyl adjacent to an activating group) is 1. The summed E-state index contributed by atoms with van der Waals surface area (Å²) in [5.74, 6) is -0.176. The number of halogens is 1. The molecule has 0 aromatic heterocycles. The Kier molecular flexibility index (Phi) is 7.63. The predicted octanol–water partition coefficient (Wildman–Crippen LogP) is 1.15. The molecule has 0 unspecified atom stereocenters. The van der Waals surface area contributed by atoms with Crippen molar-refractivity contribution >= 4 is 11.9 Å². The van der Waals surface area contributed by atoms with Crippen molar-refractivity contribution in [2.24, 2.45) is 0 Å². The number of urea groups is 1. The zero-order valence-electron chi connectivity index (χ0n) is 12.5. The first-order valence-corrected chi connectivity index (χ1v) is 6.76. The molecule has 0 aliphatic heterocycles. The zero-order chi connectivity index (χ0) is 16.4. The Morgan fingerprint density at radius 1 is 1.36 bits per heavy atom. The number of hydrogen-bond donors (Lipinski definition) is 2. The number of benzene rings is 1. The zero-order valence-corrected chi connectivity index (χ0v) is 12.5. The topological polar surface area (TPSA) is 70.7 Å². The highest BCUT2D eigenvalue weighted by Crippen LogP contribution is 2.10. The van der Waals surface area contributed by atoms with E-state index in [2.05, 4.69) is 17.2 Å². The second-order valence-electron chi connectivity index (χ2n) is 4.59. The van der Waals surface area contributed by atoms with Crippen LogP contribution in [0.4, 0.5) is 9.18 Å². The number of rotatable bonds is 8. The van der Waals surface area contributed by atoms with Crippen molar-refractivity contribution in [1.82, 2.24) is 15.5 Å². The van der Waals surface area contributed by atoms with Gasteiger partial charge in [-0.15, -0.1) is 6.58 Å². The molecule has 7 heteroatoms. The van der Waals surface area contributed by atoms with E-state index in [-0.39, 0.29) is 12.4 Å². The molecule has 0 saturated heterocycles. The van der Waals surface area contributed by atoms with Crippen molar-refractivity contribution in [1.29, 1.82) is 0 Å². The maximum Gasteiger partial charge on any atom is 0.321 e. The van der Waals surface area contributed by atoms with Gasteiger partial charge in [0.1, 0.15) is 18.2 Å². The molecule has 1 rings (SSSR count). The summed E-state index contributed by atoms with van der Waals surface area (Å²) >= 11 is 0. The number of imide groups is 1. The van der Waals surface area contributed by atoms with Crippen molar-refractivity contribution in [2.45, 2.75) is 0 Å². The molecule has 6 nitrogen and oxygen atoms in total. The number of amides is 3. The Bertz CT molecular complexity index is 505. The van der Waals surface area contributed by atoms with E-state index >= 15 is 0 Å². The Balaban J connectivity index is 2.20. The van der Waals surface area contributed by atoms with Gasteiger partial charge < -0.3 is 10.1 Å². The van der Waals surface area contributed by atoms with Crippen LogP contribution in [0.3, 0.4) is 0 Å². The van der Waals surface area contributed by atoms with Crippen molar-refractivity contribution < 1.29 is 18.7 Å². The van der Waals surface area contributed by atoms with Gasteiger partial charge in [-0.25, -0.2) is 9.18 Å². The van der Waals surface area contributed by atoms with Gasteiger partial charge in [-0.05, 0) is 31.3 Å². The third-order valence-corrected chi connectivity index (χ3v) is 2.63. The molecule has 1 aromatic rings. The molecule has 0 atom stereocenters. The highest BCUT2D eigenvalue weighted by molar-refractivity contribution is 5.95. The number of carbonyl (C=O) groups excluding carboxylic acids is 2. The largest absolute Gasteiger partial charge is 0.492 e. The standard InChI is InChI=1S/C15H20FN3O3/c1-3-8-17-15(21)18-14(20)11-19(2)9-10-22-13-6-4-12(16)5-7-13/h3-7H,1,8-11H2,2H3,(H2,17,18,20,21). The van der Waals surface area contributed by atoms with Gasteiger partial charge in [0.05, 0.1) is 6.54 Å². The Morgan fingerprint density at radius 3 is 2.68 bits per heavy atom. The van der Waals surface area contributed by atoms with Crippen LogP contribution in [0, 0.1) is 5.82 Å². The summed E-state index contributed by atoms with van der Waals surface area (Å²) in [6, 6.07) is 5.14. The average molecular weight is 309 g/mol. The summed E-state index contributed by atoms with van der Waals surface area (Å²) < 4.78 is 18.1. The Labute approximate surface area is 128 Å². The number of nitrogens with zero attached hydrogens (tertiary/aromatic N) is 1. The van der Waals surface area contributed by atoms with Crippen LogP contribution in [0.2, 0.25) is 0 Å². The van der Waals surface area contributed by atoms with Gasteiger partial charge >= 0.3 is 6.03 Å². The van der Waals surface area contributed by atoms with Gasteiger partial charge in [-0.1, -0.05) is 6.08 Å². The lowest BCUT2D eigenvalue weighted by Crippen LogP contribution is -2.44. The van der Waals surface area contributed by atoms with E-state index in [0.29, 0.717) is 25.4 Å². The molecule has 2 N–H and O–H groups in total. The molecule has 0 saturated carbocycles. The fraction of sp³-hybridized carbons (Fsp3) is 0.333. The second kappa shape index (κ2) is 9.51. The SMILES string of the molecule is C=CCNC(=O)NC(=O)CN(C)CCOc1ccc(F)cc1. The molecular weight excluding hydrogens is 289 g/mol. The summed E-state index contributed by atoms with van der Waals surface area (Å²) in [6.07, 6.45) is 1.52. The molecule has 0 radical (unpaired) electrons. The molecule has 0 heterocycles. The normalized spacial score (nSPS) is 10.1. The lowest BCUT2D eigenvalue weighted by Gasteiger charge is -2.16. The summed E-state index contributed by atoms with van der Waals surface area (Å²) in [4.78, 5) is 24.5. The molecule has 0 aliphatic rings. The lowest BCUT2D eigenvalue weighted by molar-refractivity contribution is -0.120. The first-order valence-electron chi connectivity index (χ1n) is 6.76. The number of ether oxygens (including phenoxy) is 1. The van der Waals surface area contributed by atoms with E-state index in [1.807, 2.05) is 0 Å². The van der Waals surface area contributed by atoms with Crippen LogP contribution in [0.25, 0.3) is 0 Å². The molecule has 120 valence electrons. The summed E-state index contributed by atoms with van der Waals surface area (Å²) in [7, 11) is 1.73. The van der Waals surface area contributed by atoms with Crippen LogP contribution in [-0.2, 0) is 4.79 Å². The lowest BCUT2D eigenvalue weighted by atomic mass is 10.3. The van der Waals surface area contributed by atoms with E-state index in [4.69, 9.17) is 4.74 Å². The maximum absolute atomic E-state index is 12.7. The van der Waals surface area contributed by atoms with Crippen molar-refractivity contribution in [3.05, 3.63) is 42.7 Å². The molecule has 22 heavy (non-hydrogen) atoms. The van der Waals surface area contributed by atoms with E-state index in [9.17, 15) is 14.0 Å². The Hall–Kier alpha value is -2.41. The minimum atomic E-state index is -0.555. The molecule has 3 amide bonds. The molecular formula is C15H20FN3O3. The van der Waals surface area contributed by atoms with Gasteiger partial charge in [-0.2, -0.15) is 0 Å². The molecule has 0 fully saturated rings. The minimum Gasteiger partial charge on any atom is -0.492 e. The Morgan fingerprint density at radius 2 is 2.05 bits per heavy atom. The van der Waals surface area contributed by atoms with Crippen molar-refractivity contribution in [2.75, 3.05) is 33.3 Å². The quantitative estimate of drug-likeness (QED) is 0.707. The summed E-state index contributed by atoms with van der Waals surface area (Å²) in [5, 5.41) is 4.64. The molecule has 0 bridgehead atoms. The molecule has 0 spiro atoms.